The largest absolute Gasteiger partial charge is 0.313 e. The molecule has 0 bridgehead atoms. The third kappa shape index (κ3) is 4.42. The lowest BCUT2D eigenvalue weighted by atomic mass is 9.87. The summed E-state index contributed by atoms with van der Waals surface area (Å²) >= 11 is 0. The molecule has 2 unspecified atom stereocenters. The van der Waals surface area contributed by atoms with Gasteiger partial charge < -0.3 is 5.32 Å². The van der Waals surface area contributed by atoms with Crippen molar-refractivity contribution >= 4 is 9.84 Å². The van der Waals surface area contributed by atoms with E-state index in [0.29, 0.717) is 12.6 Å². The predicted molar refractivity (Wildman–Crippen MR) is 68.3 cm³/mol. The first-order valence-electron chi connectivity index (χ1n) is 6.36. The van der Waals surface area contributed by atoms with Crippen LogP contribution in [0.15, 0.2) is 0 Å². The summed E-state index contributed by atoms with van der Waals surface area (Å²) in [4.78, 5) is 0. The van der Waals surface area contributed by atoms with Crippen LogP contribution in [-0.4, -0.2) is 32.0 Å². The molecular weight excluding hydrogens is 222 g/mol. The van der Waals surface area contributed by atoms with Gasteiger partial charge in [0.1, 0.15) is 0 Å². The molecule has 16 heavy (non-hydrogen) atoms. The van der Waals surface area contributed by atoms with Gasteiger partial charge in [0, 0.05) is 12.6 Å². The van der Waals surface area contributed by atoms with Crippen LogP contribution in [-0.2, 0) is 9.84 Å². The highest BCUT2D eigenvalue weighted by molar-refractivity contribution is 7.92. The molecule has 0 amide bonds. The van der Waals surface area contributed by atoms with Crippen molar-refractivity contribution in [2.24, 2.45) is 5.92 Å². The van der Waals surface area contributed by atoms with Crippen molar-refractivity contribution in [3.05, 3.63) is 0 Å². The third-order valence-corrected chi connectivity index (χ3v) is 5.68. The second-order valence-electron chi connectivity index (χ2n) is 5.34. The second-order valence-corrected chi connectivity index (χ2v) is 8.02. The van der Waals surface area contributed by atoms with E-state index in [-0.39, 0.29) is 11.0 Å². The van der Waals surface area contributed by atoms with Crippen LogP contribution in [0.5, 0.6) is 0 Å². The zero-order chi connectivity index (χ0) is 12.2. The van der Waals surface area contributed by atoms with Gasteiger partial charge in [-0.2, -0.15) is 0 Å². The molecule has 1 N–H and O–H groups in total. The second kappa shape index (κ2) is 6.01. The Kier molecular flexibility index (Phi) is 5.25. The first-order valence-corrected chi connectivity index (χ1v) is 8.08. The minimum absolute atomic E-state index is 0.250. The van der Waals surface area contributed by atoms with Gasteiger partial charge >= 0.3 is 0 Å². The fourth-order valence-electron chi connectivity index (χ4n) is 2.26. The Balaban J connectivity index is 2.25. The molecule has 0 aromatic rings. The summed E-state index contributed by atoms with van der Waals surface area (Å²) in [6.45, 7) is 6.38. The van der Waals surface area contributed by atoms with Gasteiger partial charge in [-0.3, -0.25) is 0 Å². The Labute approximate surface area is 99.9 Å². The molecule has 1 aliphatic carbocycles. The van der Waals surface area contributed by atoms with Crippen LogP contribution < -0.4 is 5.32 Å². The summed E-state index contributed by atoms with van der Waals surface area (Å²) in [5, 5.41) is 3.13. The van der Waals surface area contributed by atoms with Crippen molar-refractivity contribution in [3.8, 4) is 0 Å². The molecule has 96 valence electrons. The van der Waals surface area contributed by atoms with E-state index >= 15 is 0 Å². The van der Waals surface area contributed by atoms with Gasteiger partial charge in [-0.15, -0.1) is 0 Å². The monoisotopic (exact) mass is 247 g/mol. The van der Waals surface area contributed by atoms with Gasteiger partial charge in [0.25, 0.3) is 0 Å². The van der Waals surface area contributed by atoms with Crippen molar-refractivity contribution in [3.63, 3.8) is 0 Å². The topological polar surface area (TPSA) is 46.2 Å². The number of rotatable bonds is 5. The SMILES string of the molecule is CC1CCCC(NCCS(=O)(=O)C(C)C)C1. The Hall–Kier alpha value is -0.0900. The molecule has 0 aromatic heterocycles. The van der Waals surface area contributed by atoms with Crippen LogP contribution in [0.2, 0.25) is 0 Å². The molecule has 1 rings (SSSR count). The first-order chi connectivity index (χ1) is 7.42. The molecule has 1 aliphatic rings. The molecule has 3 nitrogen and oxygen atoms in total. The quantitative estimate of drug-likeness (QED) is 0.808. The standard InChI is InChI=1S/C12H25NO2S/c1-10(2)16(14,15)8-7-13-12-6-4-5-11(3)9-12/h10-13H,4-9H2,1-3H3. The molecule has 0 spiro atoms. The smallest absolute Gasteiger partial charge is 0.153 e. The Morgan fingerprint density at radius 3 is 2.56 bits per heavy atom. The summed E-state index contributed by atoms with van der Waals surface area (Å²) < 4.78 is 23.2. The maximum Gasteiger partial charge on any atom is 0.153 e. The zero-order valence-electron chi connectivity index (χ0n) is 10.7. The number of nitrogens with one attached hydrogen (secondary N) is 1. The van der Waals surface area contributed by atoms with Gasteiger partial charge in [-0.05, 0) is 32.6 Å². The van der Waals surface area contributed by atoms with E-state index in [2.05, 4.69) is 12.2 Å². The van der Waals surface area contributed by atoms with Crippen molar-refractivity contribution in [1.29, 1.82) is 0 Å². The lowest BCUT2D eigenvalue weighted by molar-refractivity contribution is 0.305. The van der Waals surface area contributed by atoms with E-state index < -0.39 is 9.84 Å². The van der Waals surface area contributed by atoms with Crippen LogP contribution in [0.3, 0.4) is 0 Å². The number of hydrogen-bond acceptors (Lipinski definition) is 3. The first kappa shape index (κ1) is 14.0. The summed E-state index contributed by atoms with van der Waals surface area (Å²) in [7, 11) is -2.88. The van der Waals surface area contributed by atoms with E-state index in [1.807, 2.05) is 0 Å². The van der Waals surface area contributed by atoms with E-state index in [4.69, 9.17) is 0 Å². The van der Waals surface area contributed by atoms with E-state index in [9.17, 15) is 8.42 Å². The van der Waals surface area contributed by atoms with Crippen molar-refractivity contribution in [1.82, 2.24) is 5.32 Å². The van der Waals surface area contributed by atoms with Gasteiger partial charge in [0.05, 0.1) is 11.0 Å². The molecule has 2 atom stereocenters. The molecular formula is C12H25NO2S. The number of hydrogen-bond donors (Lipinski definition) is 1. The van der Waals surface area contributed by atoms with Gasteiger partial charge in [0.15, 0.2) is 9.84 Å². The van der Waals surface area contributed by atoms with Gasteiger partial charge in [0.2, 0.25) is 0 Å². The number of sulfone groups is 1. The molecule has 0 aliphatic heterocycles. The van der Waals surface area contributed by atoms with Crippen LogP contribution in [0.25, 0.3) is 0 Å². The van der Waals surface area contributed by atoms with Gasteiger partial charge in [-0.1, -0.05) is 19.8 Å². The zero-order valence-corrected chi connectivity index (χ0v) is 11.5. The normalized spacial score (nSPS) is 27.2. The Morgan fingerprint density at radius 1 is 1.31 bits per heavy atom. The highest BCUT2D eigenvalue weighted by Crippen LogP contribution is 2.23. The Morgan fingerprint density at radius 2 is 2.00 bits per heavy atom. The summed E-state index contributed by atoms with van der Waals surface area (Å²) in [5.41, 5.74) is 0. The molecule has 1 saturated carbocycles. The molecule has 1 fully saturated rings. The summed E-state index contributed by atoms with van der Waals surface area (Å²) in [5.74, 6) is 1.06. The minimum atomic E-state index is -2.88. The molecule has 0 heterocycles. The van der Waals surface area contributed by atoms with Crippen LogP contribution in [0.1, 0.15) is 46.5 Å². The van der Waals surface area contributed by atoms with Crippen molar-refractivity contribution < 1.29 is 8.42 Å². The Bertz CT molecular complexity index is 298. The molecule has 4 heteroatoms. The lowest BCUT2D eigenvalue weighted by Crippen LogP contribution is -2.37. The maximum absolute atomic E-state index is 11.6. The van der Waals surface area contributed by atoms with E-state index in [0.717, 1.165) is 5.92 Å². The van der Waals surface area contributed by atoms with E-state index in [1.165, 1.54) is 25.7 Å². The summed E-state index contributed by atoms with van der Waals surface area (Å²) in [6, 6.07) is 0.533. The average molecular weight is 247 g/mol. The van der Waals surface area contributed by atoms with Crippen LogP contribution in [0, 0.1) is 5.92 Å². The van der Waals surface area contributed by atoms with Crippen molar-refractivity contribution in [2.45, 2.75) is 57.7 Å². The fourth-order valence-corrected chi connectivity index (χ4v) is 3.13. The van der Waals surface area contributed by atoms with Gasteiger partial charge in [-0.25, -0.2) is 8.42 Å². The fraction of sp³-hybridized carbons (Fsp3) is 1.00. The molecule has 0 aromatic carbocycles. The minimum Gasteiger partial charge on any atom is -0.313 e. The van der Waals surface area contributed by atoms with E-state index in [1.54, 1.807) is 13.8 Å². The third-order valence-electron chi connectivity index (χ3n) is 3.47. The summed E-state index contributed by atoms with van der Waals surface area (Å²) in [6.07, 6.45) is 4.99. The maximum atomic E-state index is 11.6. The lowest BCUT2D eigenvalue weighted by Gasteiger charge is -2.27. The van der Waals surface area contributed by atoms with Crippen LogP contribution >= 0.6 is 0 Å². The van der Waals surface area contributed by atoms with Crippen LogP contribution in [0.4, 0.5) is 0 Å². The van der Waals surface area contributed by atoms with Crippen molar-refractivity contribution in [2.75, 3.05) is 12.3 Å². The highest BCUT2D eigenvalue weighted by atomic mass is 32.2. The molecule has 0 saturated heterocycles. The molecule has 0 radical (unpaired) electrons. The highest BCUT2D eigenvalue weighted by Gasteiger charge is 2.20. The predicted octanol–water partition coefficient (Wildman–Crippen LogP) is 1.98. The average Bonchev–Trinajstić information content (AvgIpc) is 2.17.